The van der Waals surface area contributed by atoms with Crippen LogP contribution in [-0.4, -0.2) is 39.0 Å². The predicted octanol–water partition coefficient (Wildman–Crippen LogP) is 1.71. The summed E-state index contributed by atoms with van der Waals surface area (Å²) in [5, 5.41) is 4.16. The van der Waals surface area contributed by atoms with Crippen LogP contribution < -0.4 is 9.46 Å². The molecule has 0 radical (unpaired) electrons. The van der Waals surface area contributed by atoms with Gasteiger partial charge >= 0.3 is 0 Å². The molecule has 1 aromatic heterocycles. The number of nitrogens with one attached hydrogen (secondary N) is 1. The van der Waals surface area contributed by atoms with E-state index >= 15 is 0 Å². The van der Waals surface area contributed by atoms with E-state index in [4.69, 9.17) is 9.47 Å². The van der Waals surface area contributed by atoms with Crippen LogP contribution in [0.4, 0.5) is 0 Å². The van der Waals surface area contributed by atoms with E-state index in [9.17, 15) is 8.42 Å². The normalized spacial score (nSPS) is 13.0. The first-order chi connectivity index (χ1) is 11.3. The van der Waals surface area contributed by atoms with E-state index in [1.165, 1.54) is 7.11 Å². The van der Waals surface area contributed by atoms with Gasteiger partial charge in [0.05, 0.1) is 24.6 Å². The van der Waals surface area contributed by atoms with E-state index in [2.05, 4.69) is 9.82 Å². The minimum absolute atomic E-state index is 0.0903. The maximum atomic E-state index is 12.6. The molecule has 2 aromatic rings. The number of rotatable bonds is 7. The number of hydrogen-bond donors (Lipinski definition) is 1. The van der Waals surface area contributed by atoms with Crippen molar-refractivity contribution >= 4 is 10.0 Å². The highest BCUT2D eigenvalue weighted by Crippen LogP contribution is 2.27. The van der Waals surface area contributed by atoms with Gasteiger partial charge in [-0.25, -0.2) is 13.1 Å². The molecule has 0 fully saturated rings. The van der Waals surface area contributed by atoms with E-state index in [1.807, 2.05) is 24.3 Å². The summed E-state index contributed by atoms with van der Waals surface area (Å²) in [7, 11) is 1.13. The van der Waals surface area contributed by atoms with Gasteiger partial charge in [0.15, 0.2) is 0 Å². The number of benzene rings is 1. The fraction of sp³-hybridized carbons (Fsp3) is 0.438. The van der Waals surface area contributed by atoms with Gasteiger partial charge in [-0.1, -0.05) is 18.2 Å². The lowest BCUT2D eigenvalue weighted by Crippen LogP contribution is -2.30. The topological polar surface area (TPSA) is 82.5 Å². The summed E-state index contributed by atoms with van der Waals surface area (Å²) >= 11 is 0. The van der Waals surface area contributed by atoms with Gasteiger partial charge in [-0.3, -0.25) is 4.68 Å². The Morgan fingerprint density at radius 2 is 1.92 bits per heavy atom. The minimum atomic E-state index is -3.69. The number of methoxy groups -OCH3 is 2. The molecule has 0 spiro atoms. The zero-order valence-corrected chi connectivity index (χ0v) is 15.3. The van der Waals surface area contributed by atoms with Crippen LogP contribution in [0.5, 0.6) is 5.75 Å². The summed E-state index contributed by atoms with van der Waals surface area (Å²) in [5.41, 5.74) is 1.84. The Bertz CT molecular complexity index is 815. The summed E-state index contributed by atoms with van der Waals surface area (Å²) in [5.74, 6) is 0.650. The lowest BCUT2D eigenvalue weighted by Gasteiger charge is -2.19. The molecule has 1 atom stereocenters. The van der Waals surface area contributed by atoms with Crippen LogP contribution in [-0.2, 0) is 21.8 Å². The molecule has 0 bridgehead atoms. The van der Waals surface area contributed by atoms with Crippen molar-refractivity contribution in [1.29, 1.82) is 0 Å². The second-order valence-corrected chi connectivity index (χ2v) is 7.15. The van der Waals surface area contributed by atoms with Crippen LogP contribution in [0.2, 0.25) is 0 Å². The summed E-state index contributed by atoms with van der Waals surface area (Å²) in [4.78, 5) is 0.208. The number of aromatic nitrogens is 2. The number of hydrogen-bond acceptors (Lipinski definition) is 5. The third kappa shape index (κ3) is 3.61. The van der Waals surface area contributed by atoms with Crippen molar-refractivity contribution in [1.82, 2.24) is 14.5 Å². The van der Waals surface area contributed by atoms with Crippen molar-refractivity contribution in [3.05, 3.63) is 41.2 Å². The molecule has 1 N–H and O–H groups in total. The first-order valence-corrected chi connectivity index (χ1v) is 8.95. The highest BCUT2D eigenvalue weighted by atomic mass is 32.2. The van der Waals surface area contributed by atoms with Crippen LogP contribution in [0.25, 0.3) is 0 Å². The van der Waals surface area contributed by atoms with Gasteiger partial charge in [0, 0.05) is 26.3 Å². The molecule has 0 amide bonds. The average Bonchev–Trinajstić information content (AvgIpc) is 2.81. The number of ether oxygens (including phenoxy) is 2. The Morgan fingerprint density at radius 1 is 1.25 bits per heavy atom. The zero-order chi connectivity index (χ0) is 17.9. The second kappa shape index (κ2) is 7.33. The van der Waals surface area contributed by atoms with Gasteiger partial charge in [-0.05, 0) is 19.9 Å². The van der Waals surface area contributed by atoms with Gasteiger partial charge in [-0.2, -0.15) is 5.10 Å². The number of aryl methyl sites for hydroxylation is 2. The summed E-state index contributed by atoms with van der Waals surface area (Å²) in [6, 6.07) is 7.36. The minimum Gasteiger partial charge on any atom is -0.496 e. The molecule has 0 aliphatic carbocycles. The fourth-order valence-electron chi connectivity index (χ4n) is 2.65. The van der Waals surface area contributed by atoms with E-state index < -0.39 is 16.1 Å². The van der Waals surface area contributed by atoms with Crippen molar-refractivity contribution in [2.24, 2.45) is 7.05 Å². The van der Waals surface area contributed by atoms with E-state index in [1.54, 1.807) is 32.7 Å². The molecule has 1 heterocycles. The highest BCUT2D eigenvalue weighted by molar-refractivity contribution is 7.89. The largest absolute Gasteiger partial charge is 0.496 e. The fourth-order valence-corrected chi connectivity index (χ4v) is 4.12. The molecular formula is C16H23N3O4S. The molecule has 7 nitrogen and oxygen atoms in total. The number of nitrogens with zero attached hydrogens (tertiary/aromatic N) is 2. The molecule has 132 valence electrons. The SMILES string of the molecule is COc1ccccc1[C@H](CNS(=O)(=O)c1c(C)nn(C)c1C)OC. The maximum absolute atomic E-state index is 12.6. The maximum Gasteiger partial charge on any atom is 0.244 e. The highest BCUT2D eigenvalue weighted by Gasteiger charge is 2.25. The van der Waals surface area contributed by atoms with Crippen LogP contribution in [0, 0.1) is 13.8 Å². The lowest BCUT2D eigenvalue weighted by molar-refractivity contribution is 0.105. The van der Waals surface area contributed by atoms with Crippen LogP contribution in [0.15, 0.2) is 29.2 Å². The van der Waals surface area contributed by atoms with Crippen LogP contribution in [0.1, 0.15) is 23.1 Å². The standard InChI is InChI=1S/C16H23N3O4S/c1-11-16(12(2)19(3)18-11)24(20,21)17-10-15(23-5)13-8-6-7-9-14(13)22-4/h6-9,15,17H,10H2,1-5H3/t15-/m0/s1. The van der Waals surface area contributed by atoms with Gasteiger partial charge in [0.2, 0.25) is 10.0 Å². The van der Waals surface area contributed by atoms with Crippen molar-refractivity contribution in [2.75, 3.05) is 20.8 Å². The van der Waals surface area contributed by atoms with Crippen LogP contribution >= 0.6 is 0 Å². The molecule has 0 unspecified atom stereocenters. The molecule has 0 aliphatic rings. The van der Waals surface area contributed by atoms with Gasteiger partial charge in [0.25, 0.3) is 0 Å². The third-order valence-electron chi connectivity index (χ3n) is 3.94. The van der Waals surface area contributed by atoms with Gasteiger partial charge in [-0.15, -0.1) is 0 Å². The Balaban J connectivity index is 2.24. The summed E-state index contributed by atoms with van der Waals surface area (Å²) < 4.78 is 40.2. The Morgan fingerprint density at radius 3 is 2.46 bits per heavy atom. The van der Waals surface area contributed by atoms with Crippen molar-refractivity contribution in [3.8, 4) is 5.75 Å². The molecule has 8 heteroatoms. The Kier molecular flexibility index (Phi) is 5.63. The summed E-state index contributed by atoms with van der Waals surface area (Å²) in [6.07, 6.45) is -0.465. The molecule has 24 heavy (non-hydrogen) atoms. The van der Waals surface area contributed by atoms with Gasteiger partial charge in [0.1, 0.15) is 10.6 Å². The van der Waals surface area contributed by atoms with Crippen LogP contribution in [0.3, 0.4) is 0 Å². The monoisotopic (exact) mass is 353 g/mol. The number of sulfonamides is 1. The van der Waals surface area contributed by atoms with E-state index in [0.29, 0.717) is 17.1 Å². The van der Waals surface area contributed by atoms with E-state index in [-0.39, 0.29) is 11.4 Å². The molecular weight excluding hydrogens is 330 g/mol. The molecule has 0 saturated heterocycles. The third-order valence-corrected chi connectivity index (χ3v) is 5.62. The predicted molar refractivity (Wildman–Crippen MR) is 90.6 cm³/mol. The van der Waals surface area contributed by atoms with E-state index in [0.717, 1.165) is 5.56 Å². The lowest BCUT2D eigenvalue weighted by atomic mass is 10.1. The molecule has 0 saturated carbocycles. The van der Waals surface area contributed by atoms with Crippen molar-refractivity contribution < 1.29 is 17.9 Å². The van der Waals surface area contributed by atoms with Crippen molar-refractivity contribution in [3.63, 3.8) is 0 Å². The zero-order valence-electron chi connectivity index (χ0n) is 14.5. The smallest absolute Gasteiger partial charge is 0.244 e. The number of para-hydroxylation sites is 1. The first-order valence-electron chi connectivity index (χ1n) is 7.47. The average molecular weight is 353 g/mol. The first kappa shape index (κ1) is 18.4. The quantitative estimate of drug-likeness (QED) is 0.819. The molecule has 2 rings (SSSR count). The van der Waals surface area contributed by atoms with Gasteiger partial charge < -0.3 is 9.47 Å². The molecule has 1 aromatic carbocycles. The second-order valence-electron chi connectivity index (χ2n) is 5.44. The Labute approximate surface area is 142 Å². The van der Waals surface area contributed by atoms with Crippen molar-refractivity contribution in [2.45, 2.75) is 24.8 Å². The summed E-state index contributed by atoms with van der Waals surface area (Å²) in [6.45, 7) is 3.49. The molecule has 0 aliphatic heterocycles. The Hall–Kier alpha value is -1.90.